The van der Waals surface area contributed by atoms with Crippen molar-refractivity contribution in [2.45, 2.75) is 19.3 Å². The minimum Gasteiger partial charge on any atom is -1.00 e. The van der Waals surface area contributed by atoms with Crippen LogP contribution in [-0.4, -0.2) is 11.7 Å². The van der Waals surface area contributed by atoms with Crippen molar-refractivity contribution < 1.29 is 22.3 Å². The molecular formula is C26H25ClNO2-. The van der Waals surface area contributed by atoms with Gasteiger partial charge in [0.2, 0.25) is 0 Å². The van der Waals surface area contributed by atoms with Crippen LogP contribution >= 0.6 is 0 Å². The van der Waals surface area contributed by atoms with E-state index < -0.39 is 6.10 Å². The molecule has 4 rings (SSSR count). The van der Waals surface area contributed by atoms with E-state index in [2.05, 4.69) is 35.6 Å². The first-order valence-electron chi connectivity index (χ1n) is 9.92. The number of fused-ring (bicyclic) bond motifs is 1. The second-order valence-electron chi connectivity index (χ2n) is 7.10. The van der Waals surface area contributed by atoms with Crippen LogP contribution in [0.2, 0.25) is 0 Å². The Labute approximate surface area is 183 Å². The Balaban J connectivity index is 0.00000256. The van der Waals surface area contributed by atoms with Crippen molar-refractivity contribution in [1.82, 2.24) is 5.32 Å². The summed E-state index contributed by atoms with van der Waals surface area (Å²) in [7, 11) is 0. The highest BCUT2D eigenvalue weighted by Crippen LogP contribution is 2.29. The highest BCUT2D eigenvalue weighted by atomic mass is 35.5. The molecule has 2 N–H and O–H groups in total. The molecule has 0 saturated heterocycles. The molecule has 0 radical (unpaired) electrons. The number of halogens is 1. The Morgan fingerprint density at radius 2 is 1.43 bits per heavy atom. The monoisotopic (exact) mass is 418 g/mol. The van der Waals surface area contributed by atoms with E-state index >= 15 is 0 Å². The Hall–Kier alpha value is -2.85. The Bertz CT molecular complexity index is 1050. The van der Waals surface area contributed by atoms with Gasteiger partial charge in [-0.2, -0.15) is 0 Å². The third-order valence-electron chi connectivity index (χ3n) is 5.06. The van der Waals surface area contributed by atoms with Crippen molar-refractivity contribution in [3.8, 4) is 5.75 Å². The summed E-state index contributed by atoms with van der Waals surface area (Å²) in [6, 6.07) is 32.4. The zero-order valence-electron chi connectivity index (χ0n) is 16.7. The zero-order chi connectivity index (χ0) is 19.9. The van der Waals surface area contributed by atoms with Gasteiger partial charge in [-0.1, -0.05) is 91.0 Å². The van der Waals surface area contributed by atoms with Crippen LogP contribution in [0.3, 0.4) is 0 Å². The van der Waals surface area contributed by atoms with E-state index in [-0.39, 0.29) is 12.4 Å². The molecule has 4 heteroatoms. The van der Waals surface area contributed by atoms with Crippen LogP contribution in [0.15, 0.2) is 97.1 Å². The van der Waals surface area contributed by atoms with Crippen LogP contribution in [0.25, 0.3) is 10.8 Å². The largest absolute Gasteiger partial charge is 1.00 e. The lowest BCUT2D eigenvalue weighted by Gasteiger charge is -2.17. The molecule has 0 saturated carbocycles. The molecule has 4 aromatic rings. The predicted octanol–water partition coefficient (Wildman–Crippen LogP) is 2.25. The molecule has 0 aliphatic carbocycles. The van der Waals surface area contributed by atoms with Gasteiger partial charge in [0.25, 0.3) is 0 Å². The lowest BCUT2D eigenvalue weighted by molar-refractivity contribution is -0.00000770. The van der Waals surface area contributed by atoms with E-state index in [4.69, 9.17) is 4.74 Å². The van der Waals surface area contributed by atoms with Gasteiger partial charge in [-0.05, 0) is 28.0 Å². The van der Waals surface area contributed by atoms with Gasteiger partial charge in [0.1, 0.15) is 12.4 Å². The van der Waals surface area contributed by atoms with Crippen LogP contribution in [-0.2, 0) is 13.2 Å². The van der Waals surface area contributed by atoms with Gasteiger partial charge in [0.05, 0.1) is 6.10 Å². The van der Waals surface area contributed by atoms with Gasteiger partial charge in [-0.25, -0.2) is 0 Å². The predicted molar refractivity (Wildman–Crippen MR) is 118 cm³/mol. The molecule has 0 fully saturated rings. The van der Waals surface area contributed by atoms with Crippen molar-refractivity contribution in [1.29, 1.82) is 0 Å². The van der Waals surface area contributed by atoms with E-state index in [1.807, 2.05) is 66.7 Å². The molecule has 0 spiro atoms. The summed E-state index contributed by atoms with van der Waals surface area (Å²) in [5.41, 5.74) is 3.16. The van der Waals surface area contributed by atoms with Gasteiger partial charge in [-0.15, -0.1) is 0 Å². The number of hydrogen-bond acceptors (Lipinski definition) is 3. The first-order chi connectivity index (χ1) is 14.3. The van der Waals surface area contributed by atoms with E-state index in [0.29, 0.717) is 19.7 Å². The van der Waals surface area contributed by atoms with Gasteiger partial charge >= 0.3 is 0 Å². The number of hydrogen-bond donors (Lipinski definition) is 2. The topological polar surface area (TPSA) is 41.5 Å². The average molecular weight is 419 g/mol. The van der Waals surface area contributed by atoms with Crippen molar-refractivity contribution >= 4 is 10.8 Å². The van der Waals surface area contributed by atoms with Crippen molar-refractivity contribution in [2.24, 2.45) is 0 Å². The molecule has 154 valence electrons. The van der Waals surface area contributed by atoms with Crippen LogP contribution in [0.5, 0.6) is 5.75 Å². The second-order valence-corrected chi connectivity index (χ2v) is 7.10. The maximum atomic E-state index is 10.4. The van der Waals surface area contributed by atoms with Crippen molar-refractivity contribution in [3.63, 3.8) is 0 Å². The number of nitrogens with one attached hydrogen (secondary N) is 1. The molecule has 0 aliphatic heterocycles. The van der Waals surface area contributed by atoms with E-state index in [9.17, 15) is 5.11 Å². The highest BCUT2D eigenvalue weighted by Gasteiger charge is 2.11. The quantitative estimate of drug-likeness (QED) is 0.461. The van der Waals surface area contributed by atoms with Gasteiger partial charge in [0, 0.05) is 18.7 Å². The second kappa shape index (κ2) is 10.8. The summed E-state index contributed by atoms with van der Waals surface area (Å²) < 4.78 is 6.17. The zero-order valence-corrected chi connectivity index (χ0v) is 17.4. The number of ether oxygens (including phenoxy) is 1. The molecule has 30 heavy (non-hydrogen) atoms. The SMILES string of the molecule is OC(CNCc1c(OCc2ccccc2)ccc2ccccc12)c1ccccc1.[Cl-]. The smallest absolute Gasteiger partial charge is 0.124 e. The van der Waals surface area contributed by atoms with E-state index in [1.54, 1.807) is 0 Å². The summed E-state index contributed by atoms with van der Waals surface area (Å²) in [5.74, 6) is 0.870. The molecule has 1 atom stereocenters. The third-order valence-corrected chi connectivity index (χ3v) is 5.06. The number of rotatable bonds is 8. The third kappa shape index (κ3) is 5.39. The molecule has 3 nitrogen and oxygen atoms in total. The summed E-state index contributed by atoms with van der Waals surface area (Å²) in [4.78, 5) is 0. The standard InChI is InChI=1S/C26H25NO2.ClH/c28-25(22-12-5-2-6-13-22)18-27-17-24-23-14-8-7-11-21(23)15-16-26(24)29-19-20-9-3-1-4-10-20;/h1-16,25,27-28H,17-19H2;1H/p-1. The summed E-state index contributed by atoms with van der Waals surface area (Å²) >= 11 is 0. The summed E-state index contributed by atoms with van der Waals surface area (Å²) in [6.07, 6.45) is -0.542. The first kappa shape index (κ1) is 21.8. The van der Waals surface area contributed by atoms with Crippen molar-refractivity contribution in [3.05, 3.63) is 114 Å². The summed E-state index contributed by atoms with van der Waals surface area (Å²) in [5, 5.41) is 16.2. The van der Waals surface area contributed by atoms with Crippen LogP contribution < -0.4 is 22.5 Å². The minimum absolute atomic E-state index is 0. The fourth-order valence-electron chi connectivity index (χ4n) is 3.50. The van der Waals surface area contributed by atoms with Crippen LogP contribution in [0.4, 0.5) is 0 Å². The highest BCUT2D eigenvalue weighted by molar-refractivity contribution is 5.87. The molecule has 0 aliphatic rings. The normalized spacial score (nSPS) is 11.6. The summed E-state index contributed by atoms with van der Waals surface area (Å²) in [6.45, 7) is 1.62. The molecule has 0 bridgehead atoms. The lowest BCUT2D eigenvalue weighted by Crippen LogP contribution is -3.00. The minimum atomic E-state index is -0.542. The van der Waals surface area contributed by atoms with Crippen molar-refractivity contribution in [2.75, 3.05) is 6.54 Å². The fraction of sp³-hybridized carbons (Fsp3) is 0.154. The molecule has 1 unspecified atom stereocenters. The number of aliphatic hydroxyl groups is 1. The van der Waals surface area contributed by atoms with E-state index in [1.165, 1.54) is 10.8 Å². The number of aliphatic hydroxyl groups excluding tert-OH is 1. The maximum Gasteiger partial charge on any atom is 0.124 e. The first-order valence-corrected chi connectivity index (χ1v) is 9.92. The van der Waals surface area contributed by atoms with Crippen LogP contribution in [0.1, 0.15) is 22.8 Å². The Morgan fingerprint density at radius 1 is 0.767 bits per heavy atom. The van der Waals surface area contributed by atoms with Gasteiger partial charge < -0.3 is 27.6 Å². The lowest BCUT2D eigenvalue weighted by atomic mass is 10.0. The van der Waals surface area contributed by atoms with Gasteiger partial charge in [0.15, 0.2) is 0 Å². The molecule has 0 heterocycles. The molecule has 0 amide bonds. The van der Waals surface area contributed by atoms with E-state index in [0.717, 1.165) is 22.4 Å². The molecular weight excluding hydrogens is 394 g/mol. The maximum absolute atomic E-state index is 10.4. The Kier molecular flexibility index (Phi) is 7.86. The Morgan fingerprint density at radius 3 is 2.20 bits per heavy atom. The molecule has 4 aromatic carbocycles. The van der Waals surface area contributed by atoms with Crippen LogP contribution in [0, 0.1) is 0 Å². The molecule has 0 aromatic heterocycles. The number of benzene rings is 4. The van der Waals surface area contributed by atoms with Gasteiger partial charge in [-0.3, -0.25) is 0 Å². The average Bonchev–Trinajstić information content (AvgIpc) is 2.79. The fourth-order valence-corrected chi connectivity index (χ4v) is 3.50.